The Kier molecular flexibility index (Phi) is 5.42. The van der Waals surface area contributed by atoms with Gasteiger partial charge in [0.1, 0.15) is 17.8 Å². The number of carbonyl (C=O) groups is 1. The van der Waals surface area contributed by atoms with Crippen molar-refractivity contribution in [1.82, 2.24) is 30.3 Å². The minimum atomic E-state index is -0.0533. The first-order valence-corrected chi connectivity index (χ1v) is 9.30. The van der Waals surface area contributed by atoms with E-state index in [1.165, 1.54) is 11.0 Å². The zero-order valence-electron chi connectivity index (χ0n) is 16.0. The van der Waals surface area contributed by atoms with Gasteiger partial charge in [0.2, 0.25) is 0 Å². The maximum atomic E-state index is 12.7. The molecule has 0 N–H and O–H groups in total. The molecule has 0 fully saturated rings. The number of benzene rings is 2. The molecular weight excluding hydrogens is 368 g/mol. The van der Waals surface area contributed by atoms with Crippen LogP contribution >= 0.6 is 0 Å². The molecule has 8 nitrogen and oxygen atoms in total. The van der Waals surface area contributed by atoms with E-state index in [2.05, 4.69) is 20.7 Å². The van der Waals surface area contributed by atoms with E-state index in [1.807, 2.05) is 48.5 Å². The molecule has 1 amide bonds. The van der Waals surface area contributed by atoms with Crippen LogP contribution in [0.15, 0.2) is 71.5 Å². The molecule has 8 heteroatoms. The van der Waals surface area contributed by atoms with Gasteiger partial charge in [0, 0.05) is 37.2 Å². The molecule has 0 saturated heterocycles. The summed E-state index contributed by atoms with van der Waals surface area (Å²) in [7, 11) is 1.79. The van der Waals surface area contributed by atoms with E-state index in [0.29, 0.717) is 18.5 Å². The van der Waals surface area contributed by atoms with Gasteiger partial charge in [-0.05, 0) is 35.0 Å². The quantitative estimate of drug-likeness (QED) is 0.483. The van der Waals surface area contributed by atoms with Crippen LogP contribution in [0.25, 0.3) is 16.9 Å². The van der Waals surface area contributed by atoms with Crippen molar-refractivity contribution in [3.05, 3.63) is 78.3 Å². The summed E-state index contributed by atoms with van der Waals surface area (Å²) >= 11 is 0. The Labute approximate surface area is 167 Å². The predicted octanol–water partition coefficient (Wildman–Crippen LogP) is 3.02. The van der Waals surface area contributed by atoms with Gasteiger partial charge in [-0.1, -0.05) is 41.6 Å². The number of carbonyl (C=O) groups excluding carboxylic acids is 1. The molecule has 0 aliphatic carbocycles. The van der Waals surface area contributed by atoms with Crippen LogP contribution in [0, 0.1) is 0 Å². The van der Waals surface area contributed by atoms with Crippen molar-refractivity contribution < 1.29 is 9.32 Å². The Hall–Kier alpha value is -3.81. The zero-order chi connectivity index (χ0) is 20.1. The average Bonchev–Trinajstić information content (AvgIpc) is 3.46. The van der Waals surface area contributed by atoms with Gasteiger partial charge >= 0.3 is 0 Å². The largest absolute Gasteiger partial charge is 0.361 e. The number of rotatable bonds is 7. The second-order valence-electron chi connectivity index (χ2n) is 6.68. The lowest BCUT2D eigenvalue weighted by molar-refractivity contribution is 0.0793. The monoisotopic (exact) mass is 388 g/mol. The summed E-state index contributed by atoms with van der Waals surface area (Å²) in [6.07, 6.45) is 2.98. The number of nitrogens with zero attached hydrogens (tertiary/aromatic N) is 6. The Morgan fingerprint density at radius 1 is 1.10 bits per heavy atom. The Bertz CT molecular complexity index is 1080. The highest BCUT2D eigenvalue weighted by Crippen LogP contribution is 2.19. The summed E-state index contributed by atoms with van der Waals surface area (Å²) in [5.74, 6) is 0.757. The second kappa shape index (κ2) is 8.47. The lowest BCUT2D eigenvalue weighted by Gasteiger charge is -2.17. The summed E-state index contributed by atoms with van der Waals surface area (Å²) in [6, 6.07) is 19.1. The van der Waals surface area contributed by atoms with Crippen LogP contribution in [-0.2, 0) is 6.42 Å². The molecule has 2 aromatic carbocycles. The van der Waals surface area contributed by atoms with Crippen LogP contribution in [0.4, 0.5) is 0 Å². The van der Waals surface area contributed by atoms with Crippen molar-refractivity contribution in [2.45, 2.75) is 12.8 Å². The molecule has 0 spiro atoms. The van der Waals surface area contributed by atoms with Gasteiger partial charge in [0.05, 0.1) is 5.69 Å². The van der Waals surface area contributed by atoms with E-state index in [9.17, 15) is 4.79 Å². The van der Waals surface area contributed by atoms with E-state index in [1.54, 1.807) is 24.1 Å². The highest BCUT2D eigenvalue weighted by atomic mass is 16.5. The topological polar surface area (TPSA) is 89.9 Å². The number of amides is 1. The third kappa shape index (κ3) is 4.37. The van der Waals surface area contributed by atoms with Crippen LogP contribution in [0.5, 0.6) is 0 Å². The number of aromatic nitrogens is 5. The maximum absolute atomic E-state index is 12.7. The SMILES string of the molecule is CN(CCCc1cc(-c2ccccc2)no1)C(=O)c1cccc(-n2cnnn2)c1. The fourth-order valence-electron chi connectivity index (χ4n) is 3.05. The van der Waals surface area contributed by atoms with Gasteiger partial charge in [-0.15, -0.1) is 5.10 Å². The Balaban J connectivity index is 1.33. The maximum Gasteiger partial charge on any atom is 0.253 e. The first-order chi connectivity index (χ1) is 14.2. The van der Waals surface area contributed by atoms with E-state index in [-0.39, 0.29) is 5.91 Å². The highest BCUT2D eigenvalue weighted by Gasteiger charge is 2.13. The van der Waals surface area contributed by atoms with Crippen molar-refractivity contribution in [1.29, 1.82) is 0 Å². The Morgan fingerprint density at radius 2 is 1.97 bits per heavy atom. The fraction of sp³-hybridized carbons (Fsp3) is 0.190. The molecule has 0 radical (unpaired) electrons. The number of aryl methyl sites for hydroxylation is 1. The summed E-state index contributed by atoms with van der Waals surface area (Å²) in [5, 5.41) is 15.2. The van der Waals surface area contributed by atoms with Crippen molar-refractivity contribution in [2.24, 2.45) is 0 Å². The molecule has 4 rings (SSSR count). The molecule has 0 aliphatic rings. The molecule has 0 aliphatic heterocycles. The third-order valence-electron chi connectivity index (χ3n) is 4.60. The van der Waals surface area contributed by atoms with Crippen LogP contribution < -0.4 is 0 Å². The van der Waals surface area contributed by atoms with Gasteiger partial charge in [0.25, 0.3) is 5.91 Å². The first kappa shape index (κ1) is 18.5. The molecule has 0 saturated carbocycles. The second-order valence-corrected chi connectivity index (χ2v) is 6.68. The third-order valence-corrected chi connectivity index (χ3v) is 4.60. The number of tetrazole rings is 1. The van der Waals surface area contributed by atoms with Crippen LogP contribution in [0.2, 0.25) is 0 Å². The molecule has 0 unspecified atom stereocenters. The van der Waals surface area contributed by atoms with E-state index in [4.69, 9.17) is 4.52 Å². The smallest absolute Gasteiger partial charge is 0.253 e. The molecule has 0 atom stereocenters. The standard InChI is InChI=1S/C21H20N6O2/c1-26(21(28)17-9-5-10-18(13-17)27-15-22-24-25-27)12-6-11-19-14-20(23-29-19)16-7-3-2-4-8-16/h2-5,7-10,13-15H,6,11-12H2,1H3. The zero-order valence-corrected chi connectivity index (χ0v) is 16.0. The van der Waals surface area contributed by atoms with Crippen molar-refractivity contribution in [3.63, 3.8) is 0 Å². The van der Waals surface area contributed by atoms with Crippen molar-refractivity contribution in [2.75, 3.05) is 13.6 Å². The van der Waals surface area contributed by atoms with Crippen LogP contribution in [0.1, 0.15) is 22.5 Å². The summed E-state index contributed by atoms with van der Waals surface area (Å²) in [6.45, 7) is 0.606. The lowest BCUT2D eigenvalue weighted by atomic mass is 10.1. The average molecular weight is 388 g/mol. The molecule has 29 heavy (non-hydrogen) atoms. The van der Waals surface area contributed by atoms with E-state index >= 15 is 0 Å². The van der Waals surface area contributed by atoms with Gasteiger partial charge in [0.15, 0.2) is 0 Å². The Morgan fingerprint density at radius 3 is 2.76 bits per heavy atom. The molecule has 2 aromatic heterocycles. The summed E-state index contributed by atoms with van der Waals surface area (Å²) in [5.41, 5.74) is 3.18. The lowest BCUT2D eigenvalue weighted by Crippen LogP contribution is -2.28. The molecule has 2 heterocycles. The van der Waals surface area contributed by atoms with Gasteiger partial charge < -0.3 is 9.42 Å². The molecular formula is C21H20N6O2. The molecule has 146 valence electrons. The van der Waals surface area contributed by atoms with Crippen molar-refractivity contribution >= 4 is 5.91 Å². The minimum Gasteiger partial charge on any atom is -0.361 e. The first-order valence-electron chi connectivity index (χ1n) is 9.30. The van der Waals surface area contributed by atoms with Crippen LogP contribution in [0.3, 0.4) is 0 Å². The van der Waals surface area contributed by atoms with E-state index < -0.39 is 0 Å². The van der Waals surface area contributed by atoms with Crippen LogP contribution in [-0.4, -0.2) is 49.8 Å². The summed E-state index contributed by atoms with van der Waals surface area (Å²) < 4.78 is 6.95. The van der Waals surface area contributed by atoms with E-state index in [0.717, 1.165) is 29.1 Å². The van der Waals surface area contributed by atoms with Gasteiger partial charge in [-0.25, -0.2) is 4.68 Å². The molecule has 0 bridgehead atoms. The predicted molar refractivity (Wildman–Crippen MR) is 106 cm³/mol. The van der Waals surface area contributed by atoms with Gasteiger partial charge in [-0.2, -0.15) is 0 Å². The number of hydrogen-bond donors (Lipinski definition) is 0. The highest BCUT2D eigenvalue weighted by molar-refractivity contribution is 5.94. The number of hydrogen-bond acceptors (Lipinski definition) is 6. The normalized spacial score (nSPS) is 10.8. The minimum absolute atomic E-state index is 0.0533. The fourth-order valence-corrected chi connectivity index (χ4v) is 3.05. The van der Waals surface area contributed by atoms with Gasteiger partial charge in [-0.3, -0.25) is 4.79 Å². The molecule has 4 aromatic rings. The van der Waals surface area contributed by atoms with Crippen molar-refractivity contribution in [3.8, 4) is 16.9 Å². The summed E-state index contributed by atoms with van der Waals surface area (Å²) in [4.78, 5) is 14.4.